The lowest BCUT2D eigenvalue weighted by molar-refractivity contribution is -0.234. The third-order valence-electron chi connectivity index (χ3n) is 11.7. The summed E-state index contributed by atoms with van der Waals surface area (Å²) in [7, 11) is 0. The molecule has 0 radical (unpaired) electrons. The Morgan fingerprint density at radius 3 is 2.46 bits per heavy atom. The highest BCUT2D eigenvalue weighted by atomic mass is 79.9. The first-order valence-electron chi connectivity index (χ1n) is 12.2. The maximum atomic E-state index is 6.27. The SMILES string of the molecule is C[C@H](CBr)C1CCC2C3CCC45C[C@H]4C4(CC[C@]5(C)C3CC[C@@]21C)OCCO4. The maximum Gasteiger partial charge on any atom is 0.171 e. The van der Waals surface area contributed by atoms with Crippen LogP contribution in [0.4, 0.5) is 0 Å². The first kappa shape index (κ1) is 19.1. The van der Waals surface area contributed by atoms with Gasteiger partial charge in [-0.3, -0.25) is 0 Å². The lowest BCUT2D eigenvalue weighted by atomic mass is 9.43. The Bertz CT molecular complexity index is 659. The van der Waals surface area contributed by atoms with Crippen LogP contribution in [-0.4, -0.2) is 24.3 Å². The highest BCUT2D eigenvalue weighted by Gasteiger charge is 2.78. The van der Waals surface area contributed by atoms with Crippen LogP contribution in [0.25, 0.3) is 0 Å². The Labute approximate surface area is 180 Å². The van der Waals surface area contributed by atoms with E-state index in [1.54, 1.807) is 0 Å². The van der Waals surface area contributed by atoms with Gasteiger partial charge in [-0.25, -0.2) is 0 Å². The second kappa shape index (κ2) is 6.00. The average molecular weight is 451 g/mol. The van der Waals surface area contributed by atoms with Gasteiger partial charge in [0.2, 0.25) is 0 Å². The summed E-state index contributed by atoms with van der Waals surface area (Å²) in [6.07, 6.45) is 12.8. The van der Waals surface area contributed by atoms with Crippen LogP contribution in [0.2, 0.25) is 0 Å². The summed E-state index contributed by atoms with van der Waals surface area (Å²) in [5.41, 5.74) is 1.69. The van der Waals surface area contributed by atoms with E-state index in [1.165, 1.54) is 56.7 Å². The van der Waals surface area contributed by atoms with Crippen molar-refractivity contribution >= 4 is 15.9 Å². The van der Waals surface area contributed by atoms with E-state index in [2.05, 4.69) is 36.7 Å². The Hall–Kier alpha value is 0.400. The molecule has 6 aliphatic rings. The fourth-order valence-electron chi connectivity index (χ4n) is 10.3. The third kappa shape index (κ3) is 2.13. The molecule has 2 nitrogen and oxygen atoms in total. The summed E-state index contributed by atoms with van der Waals surface area (Å²) >= 11 is 3.81. The van der Waals surface area contributed by atoms with Gasteiger partial charge in [-0.1, -0.05) is 36.7 Å². The third-order valence-corrected chi connectivity index (χ3v) is 12.7. The fraction of sp³-hybridized carbons (Fsp3) is 1.00. The zero-order valence-electron chi connectivity index (χ0n) is 18.1. The average Bonchev–Trinajstić information content (AvgIpc) is 3.09. The zero-order chi connectivity index (χ0) is 19.4. The molecule has 9 atom stereocenters. The Morgan fingerprint density at radius 2 is 1.71 bits per heavy atom. The molecule has 1 aliphatic heterocycles. The minimum absolute atomic E-state index is 0.181. The summed E-state index contributed by atoms with van der Waals surface area (Å²) in [6, 6.07) is 0. The van der Waals surface area contributed by atoms with Gasteiger partial charge >= 0.3 is 0 Å². The first-order chi connectivity index (χ1) is 13.4. The molecule has 5 aliphatic carbocycles. The van der Waals surface area contributed by atoms with Crippen LogP contribution < -0.4 is 0 Å². The summed E-state index contributed by atoms with van der Waals surface area (Å²) in [6.45, 7) is 9.54. The smallest absolute Gasteiger partial charge is 0.171 e. The molecule has 6 fully saturated rings. The summed E-state index contributed by atoms with van der Waals surface area (Å²) in [5, 5.41) is 1.18. The molecule has 1 heterocycles. The van der Waals surface area contributed by atoms with E-state index in [0.29, 0.717) is 22.2 Å². The van der Waals surface area contributed by atoms with Crippen molar-refractivity contribution in [2.75, 3.05) is 18.5 Å². The molecule has 5 unspecified atom stereocenters. The molecule has 2 spiro atoms. The molecule has 3 heteroatoms. The van der Waals surface area contributed by atoms with Gasteiger partial charge in [-0.2, -0.15) is 0 Å². The molecule has 6 rings (SSSR count). The van der Waals surface area contributed by atoms with E-state index in [-0.39, 0.29) is 5.79 Å². The van der Waals surface area contributed by atoms with Gasteiger partial charge in [0.25, 0.3) is 0 Å². The van der Waals surface area contributed by atoms with Crippen molar-refractivity contribution in [3.63, 3.8) is 0 Å². The predicted molar refractivity (Wildman–Crippen MR) is 115 cm³/mol. The quantitative estimate of drug-likeness (QED) is 0.451. The molecule has 28 heavy (non-hydrogen) atoms. The lowest BCUT2D eigenvalue weighted by Crippen LogP contribution is -2.57. The predicted octanol–water partition coefficient (Wildman–Crippen LogP) is 6.42. The van der Waals surface area contributed by atoms with E-state index < -0.39 is 0 Å². The second-order valence-corrected chi connectivity index (χ2v) is 12.8. The van der Waals surface area contributed by atoms with Crippen LogP contribution in [0.3, 0.4) is 0 Å². The lowest BCUT2D eigenvalue weighted by Gasteiger charge is -2.62. The molecule has 0 amide bonds. The first-order valence-corrected chi connectivity index (χ1v) is 13.4. The Kier molecular flexibility index (Phi) is 4.10. The van der Waals surface area contributed by atoms with E-state index in [4.69, 9.17) is 9.47 Å². The van der Waals surface area contributed by atoms with Gasteiger partial charge in [0, 0.05) is 17.7 Å². The largest absolute Gasteiger partial charge is 0.347 e. The summed E-state index contributed by atoms with van der Waals surface area (Å²) in [4.78, 5) is 0. The van der Waals surface area contributed by atoms with Crippen molar-refractivity contribution < 1.29 is 9.47 Å². The van der Waals surface area contributed by atoms with Gasteiger partial charge < -0.3 is 9.47 Å². The topological polar surface area (TPSA) is 18.5 Å². The highest BCUT2D eigenvalue weighted by molar-refractivity contribution is 9.09. The molecule has 0 bridgehead atoms. The molecule has 0 aromatic carbocycles. The van der Waals surface area contributed by atoms with Crippen LogP contribution in [-0.2, 0) is 9.47 Å². The Morgan fingerprint density at radius 1 is 0.929 bits per heavy atom. The number of alkyl halides is 1. The van der Waals surface area contributed by atoms with Gasteiger partial charge in [-0.15, -0.1) is 0 Å². The molecule has 5 saturated carbocycles. The normalized spacial score (nSPS) is 57.2. The van der Waals surface area contributed by atoms with Crippen molar-refractivity contribution in [3.05, 3.63) is 0 Å². The van der Waals surface area contributed by atoms with E-state index in [0.717, 1.165) is 49.2 Å². The minimum atomic E-state index is -0.181. The standard InChI is InChI=1S/C25H39BrO2/c1-16(15-26)18-4-5-19-17-6-9-24-14-21(24)25(27-12-13-28-25)11-10-23(24,3)20(17)7-8-22(18,19)2/h16-21H,4-15H2,1-3H3/t16-,17?,18?,19?,20?,21-,22-,23-,24?/m1/s1. The molecular formula is C25H39BrO2. The van der Waals surface area contributed by atoms with Crippen molar-refractivity contribution in [1.82, 2.24) is 0 Å². The van der Waals surface area contributed by atoms with Crippen LogP contribution >= 0.6 is 15.9 Å². The molecule has 0 aromatic heterocycles. The minimum Gasteiger partial charge on any atom is -0.347 e. The van der Waals surface area contributed by atoms with E-state index in [1.807, 2.05) is 0 Å². The van der Waals surface area contributed by atoms with Crippen molar-refractivity contribution in [2.45, 2.75) is 84.3 Å². The van der Waals surface area contributed by atoms with Crippen LogP contribution in [0, 0.1) is 51.8 Å². The maximum absolute atomic E-state index is 6.27. The van der Waals surface area contributed by atoms with E-state index in [9.17, 15) is 0 Å². The fourth-order valence-corrected chi connectivity index (χ4v) is 10.7. The van der Waals surface area contributed by atoms with Gasteiger partial charge in [0.05, 0.1) is 13.2 Å². The van der Waals surface area contributed by atoms with Gasteiger partial charge in [-0.05, 0) is 97.2 Å². The molecule has 1 saturated heterocycles. The summed E-state index contributed by atoms with van der Waals surface area (Å²) < 4.78 is 12.5. The number of fused-ring (bicyclic) bond motifs is 5. The van der Waals surface area contributed by atoms with Gasteiger partial charge in [0.15, 0.2) is 5.79 Å². The zero-order valence-corrected chi connectivity index (χ0v) is 19.7. The highest BCUT2D eigenvalue weighted by Crippen LogP contribution is 2.82. The monoisotopic (exact) mass is 450 g/mol. The number of halogens is 1. The number of hydrogen-bond donors (Lipinski definition) is 0. The van der Waals surface area contributed by atoms with E-state index >= 15 is 0 Å². The summed E-state index contributed by atoms with van der Waals surface area (Å²) in [5.74, 6) is 5.21. The van der Waals surface area contributed by atoms with Crippen molar-refractivity contribution in [1.29, 1.82) is 0 Å². The number of ether oxygens (including phenoxy) is 2. The van der Waals surface area contributed by atoms with Gasteiger partial charge in [0.1, 0.15) is 0 Å². The van der Waals surface area contributed by atoms with Crippen LogP contribution in [0.15, 0.2) is 0 Å². The molecule has 0 N–H and O–H groups in total. The van der Waals surface area contributed by atoms with Crippen LogP contribution in [0.5, 0.6) is 0 Å². The van der Waals surface area contributed by atoms with Crippen molar-refractivity contribution in [3.8, 4) is 0 Å². The van der Waals surface area contributed by atoms with Crippen molar-refractivity contribution in [2.24, 2.45) is 51.8 Å². The number of hydrogen-bond acceptors (Lipinski definition) is 2. The Balaban J connectivity index is 1.29. The molecule has 0 aromatic rings. The molecule has 158 valence electrons. The number of rotatable bonds is 2. The van der Waals surface area contributed by atoms with Crippen LogP contribution in [0.1, 0.15) is 78.6 Å². The molecular weight excluding hydrogens is 412 g/mol. The second-order valence-electron chi connectivity index (χ2n) is 12.1.